The van der Waals surface area contributed by atoms with Gasteiger partial charge in [0.2, 0.25) is 0 Å². The third-order valence-electron chi connectivity index (χ3n) is 6.53. The van der Waals surface area contributed by atoms with Crippen LogP contribution in [-0.2, 0) is 6.61 Å². The van der Waals surface area contributed by atoms with Crippen molar-refractivity contribution >= 4 is 34.0 Å². The van der Waals surface area contributed by atoms with Crippen molar-refractivity contribution in [3.63, 3.8) is 0 Å². The van der Waals surface area contributed by atoms with Gasteiger partial charge in [0.15, 0.2) is 5.78 Å². The zero-order valence-electron chi connectivity index (χ0n) is 19.6. The van der Waals surface area contributed by atoms with Crippen LogP contribution < -0.4 is 11.1 Å². The van der Waals surface area contributed by atoms with Crippen molar-refractivity contribution in [2.45, 2.75) is 64.6 Å². The molecule has 34 heavy (non-hydrogen) atoms. The van der Waals surface area contributed by atoms with Gasteiger partial charge in [-0.05, 0) is 67.0 Å². The van der Waals surface area contributed by atoms with Gasteiger partial charge in [-0.25, -0.2) is 0 Å². The van der Waals surface area contributed by atoms with E-state index >= 15 is 0 Å². The number of hydrogen-bond acceptors (Lipinski definition) is 6. The Labute approximate surface area is 205 Å². The highest BCUT2D eigenvalue weighted by atomic mass is 35.5. The van der Waals surface area contributed by atoms with Gasteiger partial charge in [-0.3, -0.25) is 9.78 Å². The van der Waals surface area contributed by atoms with Crippen molar-refractivity contribution in [2.24, 2.45) is 11.7 Å². The Morgan fingerprint density at radius 1 is 1.18 bits per heavy atom. The van der Waals surface area contributed by atoms with E-state index < -0.39 is 0 Å². The van der Waals surface area contributed by atoms with E-state index in [1.54, 1.807) is 18.3 Å². The van der Waals surface area contributed by atoms with E-state index in [2.05, 4.69) is 10.3 Å². The minimum absolute atomic E-state index is 0.0695. The molecule has 6 nitrogen and oxygen atoms in total. The standard InChI is InChI=1S/C27H32ClN3O3/c1-15(2)9-25(33)22-13-30-24-8-3-16(17-10-18(14-32)27(34)23(28)12-17)11-21(24)26(22)31-20-6-4-19(29)5-7-20/h3,8,10-13,15,19-20,32,34H,4-7,9,14,29H2,1-2H3,(H,30,31)/t19-,20-. The number of aliphatic hydroxyl groups is 1. The fourth-order valence-electron chi connectivity index (χ4n) is 4.63. The fraction of sp³-hybridized carbons (Fsp3) is 0.407. The van der Waals surface area contributed by atoms with Gasteiger partial charge in [0.05, 0.1) is 28.4 Å². The van der Waals surface area contributed by atoms with E-state index in [1.807, 2.05) is 32.0 Å². The Balaban J connectivity index is 1.83. The van der Waals surface area contributed by atoms with Crippen LogP contribution in [-0.4, -0.2) is 33.1 Å². The maximum Gasteiger partial charge on any atom is 0.166 e. The Hall–Kier alpha value is -2.67. The summed E-state index contributed by atoms with van der Waals surface area (Å²) in [5, 5.41) is 24.4. The molecule has 180 valence electrons. The Morgan fingerprint density at radius 2 is 1.91 bits per heavy atom. The number of halogens is 1. The lowest BCUT2D eigenvalue weighted by molar-refractivity contribution is 0.0968. The summed E-state index contributed by atoms with van der Waals surface area (Å²) in [6.07, 6.45) is 5.95. The second-order valence-corrected chi connectivity index (χ2v) is 10.1. The molecule has 4 rings (SSSR count). The summed E-state index contributed by atoms with van der Waals surface area (Å²) in [5.41, 5.74) is 10.3. The normalized spacial score (nSPS) is 18.4. The number of aromatic nitrogens is 1. The van der Waals surface area contributed by atoms with Crippen molar-refractivity contribution in [1.82, 2.24) is 4.98 Å². The first-order valence-corrected chi connectivity index (χ1v) is 12.2. The lowest BCUT2D eigenvalue weighted by Gasteiger charge is -2.29. The first kappa shape index (κ1) is 24.5. The van der Waals surface area contributed by atoms with E-state index in [-0.39, 0.29) is 41.2 Å². The molecule has 1 aliphatic carbocycles. The molecule has 1 aromatic heterocycles. The van der Waals surface area contributed by atoms with Crippen LogP contribution in [0.2, 0.25) is 5.02 Å². The minimum Gasteiger partial charge on any atom is -0.506 e. The number of benzene rings is 2. The number of nitrogens with one attached hydrogen (secondary N) is 1. The average Bonchev–Trinajstić information content (AvgIpc) is 2.81. The Bertz CT molecular complexity index is 1200. The highest BCUT2D eigenvalue weighted by Gasteiger charge is 2.23. The molecule has 0 atom stereocenters. The van der Waals surface area contributed by atoms with Crippen LogP contribution in [0.25, 0.3) is 22.0 Å². The molecule has 0 radical (unpaired) electrons. The lowest BCUT2D eigenvalue weighted by atomic mass is 9.90. The van der Waals surface area contributed by atoms with Crippen molar-refractivity contribution in [3.05, 3.63) is 52.7 Å². The smallest absolute Gasteiger partial charge is 0.166 e. The van der Waals surface area contributed by atoms with Crippen molar-refractivity contribution < 1.29 is 15.0 Å². The molecule has 3 aromatic rings. The monoisotopic (exact) mass is 481 g/mol. The molecule has 1 aliphatic rings. The van der Waals surface area contributed by atoms with Gasteiger partial charge in [0, 0.05) is 35.7 Å². The van der Waals surface area contributed by atoms with Crippen LogP contribution in [0, 0.1) is 5.92 Å². The van der Waals surface area contributed by atoms with Crippen LogP contribution in [0.5, 0.6) is 5.75 Å². The van der Waals surface area contributed by atoms with Crippen molar-refractivity contribution in [2.75, 3.05) is 5.32 Å². The van der Waals surface area contributed by atoms with Gasteiger partial charge in [0.25, 0.3) is 0 Å². The second kappa shape index (κ2) is 10.3. The van der Waals surface area contributed by atoms with Crippen LogP contribution in [0.1, 0.15) is 61.9 Å². The summed E-state index contributed by atoms with van der Waals surface area (Å²) < 4.78 is 0. The number of anilines is 1. The molecule has 0 aliphatic heterocycles. The summed E-state index contributed by atoms with van der Waals surface area (Å²) >= 11 is 6.21. The zero-order chi connectivity index (χ0) is 24.4. The van der Waals surface area contributed by atoms with Gasteiger partial charge < -0.3 is 21.3 Å². The molecule has 1 saturated carbocycles. The molecule has 0 spiro atoms. The summed E-state index contributed by atoms with van der Waals surface area (Å²) in [6, 6.07) is 9.72. The predicted octanol–water partition coefficient (Wildman–Crippen LogP) is 5.66. The third kappa shape index (κ3) is 5.19. The molecule has 7 heteroatoms. The molecule has 2 aromatic carbocycles. The number of nitrogens with two attached hydrogens (primary N) is 1. The number of aromatic hydroxyl groups is 1. The van der Waals surface area contributed by atoms with Crippen molar-refractivity contribution in [3.8, 4) is 16.9 Å². The first-order chi connectivity index (χ1) is 16.3. The zero-order valence-corrected chi connectivity index (χ0v) is 20.4. The molecular weight excluding hydrogens is 450 g/mol. The SMILES string of the molecule is CC(C)CC(=O)c1cnc2ccc(-c3cc(Cl)c(O)c(CO)c3)cc2c1N[C@H]1CC[C@H](N)CC1. The molecule has 0 amide bonds. The van der Waals surface area contributed by atoms with Crippen LogP contribution in [0.15, 0.2) is 36.5 Å². The number of nitrogens with zero attached hydrogens (tertiary/aromatic N) is 1. The highest BCUT2D eigenvalue weighted by molar-refractivity contribution is 6.32. The van der Waals surface area contributed by atoms with Gasteiger partial charge in [-0.1, -0.05) is 31.5 Å². The van der Waals surface area contributed by atoms with Crippen LogP contribution in [0.3, 0.4) is 0 Å². The van der Waals surface area contributed by atoms with E-state index in [0.717, 1.165) is 53.4 Å². The highest BCUT2D eigenvalue weighted by Crippen LogP contribution is 2.37. The number of carbonyl (C=O) groups is 1. The summed E-state index contributed by atoms with van der Waals surface area (Å²) in [7, 11) is 0. The number of pyridine rings is 1. The number of rotatable bonds is 7. The summed E-state index contributed by atoms with van der Waals surface area (Å²) in [4.78, 5) is 17.7. The number of carbonyl (C=O) groups excluding carboxylic acids is 1. The molecule has 1 heterocycles. The fourth-order valence-corrected chi connectivity index (χ4v) is 4.87. The Morgan fingerprint density at radius 3 is 2.59 bits per heavy atom. The quantitative estimate of drug-likeness (QED) is 0.324. The number of phenols is 1. The van der Waals surface area contributed by atoms with Gasteiger partial charge in [0.1, 0.15) is 5.75 Å². The minimum atomic E-state index is -0.320. The van der Waals surface area contributed by atoms with E-state index in [1.165, 1.54) is 0 Å². The van der Waals surface area contributed by atoms with Crippen molar-refractivity contribution in [1.29, 1.82) is 0 Å². The third-order valence-corrected chi connectivity index (χ3v) is 6.82. The number of hydrogen-bond donors (Lipinski definition) is 4. The maximum atomic E-state index is 13.2. The summed E-state index contributed by atoms with van der Waals surface area (Å²) in [5.74, 6) is 0.195. The molecule has 0 unspecified atom stereocenters. The number of aliphatic hydroxyl groups excluding tert-OH is 1. The molecular formula is C27H32ClN3O3. The molecule has 5 N–H and O–H groups in total. The van der Waals surface area contributed by atoms with E-state index in [4.69, 9.17) is 17.3 Å². The van der Waals surface area contributed by atoms with Gasteiger partial charge in [-0.2, -0.15) is 0 Å². The van der Waals surface area contributed by atoms with Crippen LogP contribution >= 0.6 is 11.6 Å². The average molecular weight is 482 g/mol. The van der Waals surface area contributed by atoms with Crippen LogP contribution in [0.4, 0.5) is 5.69 Å². The van der Waals surface area contributed by atoms with Gasteiger partial charge >= 0.3 is 0 Å². The number of ketones is 1. The summed E-state index contributed by atoms with van der Waals surface area (Å²) in [6.45, 7) is 3.75. The first-order valence-electron chi connectivity index (χ1n) is 11.9. The number of fused-ring (bicyclic) bond motifs is 1. The van der Waals surface area contributed by atoms with E-state index in [9.17, 15) is 15.0 Å². The number of Topliss-reactive ketones (excluding diaryl/α,β-unsaturated/α-hetero) is 1. The lowest BCUT2D eigenvalue weighted by Crippen LogP contribution is -2.33. The molecule has 1 fully saturated rings. The second-order valence-electron chi connectivity index (χ2n) is 9.68. The largest absolute Gasteiger partial charge is 0.506 e. The Kier molecular flexibility index (Phi) is 7.41. The topological polar surface area (TPSA) is 108 Å². The van der Waals surface area contributed by atoms with Gasteiger partial charge in [-0.15, -0.1) is 0 Å². The molecule has 0 bridgehead atoms. The van der Waals surface area contributed by atoms with E-state index in [0.29, 0.717) is 17.5 Å². The molecule has 0 saturated heterocycles. The predicted molar refractivity (Wildman–Crippen MR) is 137 cm³/mol. The maximum absolute atomic E-state index is 13.2.